The first-order chi connectivity index (χ1) is 8.70. The summed E-state index contributed by atoms with van der Waals surface area (Å²) in [4.78, 5) is 14.9. The van der Waals surface area contributed by atoms with Crippen molar-refractivity contribution in [3.05, 3.63) is 53.9 Å². The Bertz CT molecular complexity index is 568. The number of para-hydroxylation sites is 1. The monoisotopic (exact) mass is 242 g/mol. The highest BCUT2D eigenvalue weighted by Crippen LogP contribution is 2.20. The second kappa shape index (κ2) is 5.29. The highest BCUT2D eigenvalue weighted by Gasteiger charge is 2.04. The molecule has 0 bridgehead atoms. The Labute approximate surface area is 105 Å². The average molecular weight is 242 g/mol. The van der Waals surface area contributed by atoms with Crippen molar-refractivity contribution in [3.63, 3.8) is 0 Å². The highest BCUT2D eigenvalue weighted by molar-refractivity contribution is 5.91. The third-order valence-corrected chi connectivity index (χ3v) is 2.53. The zero-order chi connectivity index (χ0) is 13.0. The number of amides is 1. The van der Waals surface area contributed by atoms with Crippen LogP contribution in [0.5, 0.6) is 0 Å². The Morgan fingerprint density at radius 3 is 2.78 bits per heavy atom. The maximum absolute atomic E-state index is 11.0. The summed E-state index contributed by atoms with van der Waals surface area (Å²) in [7, 11) is 0. The molecule has 0 aliphatic rings. The van der Waals surface area contributed by atoms with E-state index in [2.05, 4.69) is 10.3 Å². The lowest BCUT2D eigenvalue weighted by atomic mass is 10.1. The zero-order valence-electron chi connectivity index (χ0n) is 9.76. The second-order valence-electron chi connectivity index (χ2n) is 3.78. The molecule has 2 rings (SSSR count). The molecule has 0 aliphatic heterocycles. The van der Waals surface area contributed by atoms with Gasteiger partial charge in [-0.3, -0.25) is 9.78 Å². The van der Waals surface area contributed by atoms with Crippen molar-refractivity contribution in [2.75, 3.05) is 5.32 Å². The number of pyridine rings is 1. The highest BCUT2D eigenvalue weighted by atomic mass is 16.1. The Kier molecular flexibility index (Phi) is 3.54. The van der Waals surface area contributed by atoms with Crippen LogP contribution in [0.25, 0.3) is 0 Å². The van der Waals surface area contributed by atoms with Crippen molar-refractivity contribution in [3.8, 4) is 0 Å². The van der Waals surface area contributed by atoms with Crippen LogP contribution in [-0.4, -0.2) is 10.9 Å². The summed E-state index contributed by atoms with van der Waals surface area (Å²) >= 11 is 0. The normalized spacial score (nSPS) is 10.1. The molecule has 1 aromatic heterocycles. The van der Waals surface area contributed by atoms with Crippen molar-refractivity contribution in [1.29, 1.82) is 0 Å². The van der Waals surface area contributed by atoms with Gasteiger partial charge in [-0.05, 0) is 23.8 Å². The molecule has 92 valence electrons. The predicted octanol–water partition coefficient (Wildman–Crippen LogP) is 1.38. The summed E-state index contributed by atoms with van der Waals surface area (Å²) in [6.45, 7) is 0.441. The lowest BCUT2D eigenvalue weighted by Gasteiger charge is -2.10. The van der Waals surface area contributed by atoms with Gasteiger partial charge in [0.05, 0.1) is 0 Å². The molecule has 2 aromatic rings. The number of benzene rings is 1. The average Bonchev–Trinajstić information content (AvgIpc) is 2.39. The molecule has 5 nitrogen and oxygen atoms in total. The number of anilines is 2. The summed E-state index contributed by atoms with van der Waals surface area (Å²) in [5.74, 6) is -0.550. The lowest BCUT2D eigenvalue weighted by molar-refractivity contribution is 0.0995. The van der Waals surface area contributed by atoms with Crippen molar-refractivity contribution in [1.82, 2.24) is 4.98 Å². The van der Waals surface area contributed by atoms with E-state index in [4.69, 9.17) is 11.5 Å². The first-order valence-electron chi connectivity index (χ1n) is 5.51. The number of nitrogens with one attached hydrogen (secondary N) is 1. The fraction of sp³-hybridized carbons (Fsp3) is 0.0769. The number of nitrogens with two attached hydrogens (primary N) is 2. The predicted molar refractivity (Wildman–Crippen MR) is 70.4 cm³/mol. The summed E-state index contributed by atoms with van der Waals surface area (Å²) in [6, 6.07) is 11.1. The standard InChI is InChI=1S/C13H14N4O/c14-8-9-3-1-2-4-11(9)17-10-5-6-16-12(7-10)13(15)18/h1-7H,8,14H2,(H2,15,18)(H,16,17). The zero-order valence-corrected chi connectivity index (χ0v) is 9.76. The van der Waals surface area contributed by atoms with Gasteiger partial charge >= 0.3 is 0 Å². The summed E-state index contributed by atoms with van der Waals surface area (Å²) in [6.07, 6.45) is 1.54. The van der Waals surface area contributed by atoms with Crippen LogP contribution in [0.4, 0.5) is 11.4 Å². The van der Waals surface area contributed by atoms with Gasteiger partial charge in [0.2, 0.25) is 0 Å². The van der Waals surface area contributed by atoms with Crippen molar-refractivity contribution in [2.45, 2.75) is 6.54 Å². The van der Waals surface area contributed by atoms with Gasteiger partial charge in [-0.2, -0.15) is 0 Å². The van der Waals surface area contributed by atoms with Crippen LogP contribution >= 0.6 is 0 Å². The SMILES string of the molecule is NCc1ccccc1Nc1ccnc(C(N)=O)c1. The third-order valence-electron chi connectivity index (χ3n) is 2.53. The largest absolute Gasteiger partial charge is 0.364 e. The minimum Gasteiger partial charge on any atom is -0.364 e. The van der Waals surface area contributed by atoms with Crippen LogP contribution in [0.1, 0.15) is 16.1 Å². The first-order valence-corrected chi connectivity index (χ1v) is 5.51. The van der Waals surface area contributed by atoms with Crippen molar-refractivity contribution in [2.24, 2.45) is 11.5 Å². The topological polar surface area (TPSA) is 94.0 Å². The molecule has 5 heteroatoms. The summed E-state index contributed by atoms with van der Waals surface area (Å²) in [5, 5.41) is 3.19. The lowest BCUT2D eigenvalue weighted by Crippen LogP contribution is -2.13. The molecular formula is C13H14N4O. The van der Waals surface area contributed by atoms with Crippen LogP contribution < -0.4 is 16.8 Å². The van der Waals surface area contributed by atoms with Gasteiger partial charge in [-0.25, -0.2) is 0 Å². The van der Waals surface area contributed by atoms with Gasteiger partial charge in [0, 0.05) is 24.1 Å². The van der Waals surface area contributed by atoms with Crippen LogP contribution in [0, 0.1) is 0 Å². The fourth-order valence-electron chi connectivity index (χ4n) is 1.62. The van der Waals surface area contributed by atoms with E-state index in [1.165, 1.54) is 6.20 Å². The molecule has 0 aliphatic carbocycles. The number of carbonyl (C=O) groups is 1. The van der Waals surface area contributed by atoms with Crippen LogP contribution in [0.2, 0.25) is 0 Å². The van der Waals surface area contributed by atoms with E-state index in [1.807, 2.05) is 24.3 Å². The molecule has 18 heavy (non-hydrogen) atoms. The van der Waals surface area contributed by atoms with E-state index in [-0.39, 0.29) is 5.69 Å². The molecule has 0 saturated heterocycles. The van der Waals surface area contributed by atoms with E-state index in [1.54, 1.807) is 12.1 Å². The summed E-state index contributed by atoms with van der Waals surface area (Å²) < 4.78 is 0. The molecule has 0 saturated carbocycles. The number of nitrogens with zero attached hydrogens (tertiary/aromatic N) is 1. The van der Waals surface area contributed by atoms with Gasteiger partial charge < -0.3 is 16.8 Å². The van der Waals surface area contributed by atoms with E-state index in [0.717, 1.165) is 16.9 Å². The minimum atomic E-state index is -0.550. The molecule has 1 heterocycles. The number of aromatic nitrogens is 1. The number of rotatable bonds is 4. The van der Waals surface area contributed by atoms with Gasteiger partial charge in [-0.1, -0.05) is 18.2 Å². The van der Waals surface area contributed by atoms with E-state index in [0.29, 0.717) is 6.54 Å². The van der Waals surface area contributed by atoms with Crippen LogP contribution in [0.15, 0.2) is 42.6 Å². The molecule has 0 fully saturated rings. The molecular weight excluding hydrogens is 228 g/mol. The Morgan fingerprint density at radius 2 is 2.06 bits per heavy atom. The van der Waals surface area contributed by atoms with Gasteiger partial charge in [-0.15, -0.1) is 0 Å². The number of hydrogen-bond donors (Lipinski definition) is 3. The molecule has 0 radical (unpaired) electrons. The van der Waals surface area contributed by atoms with E-state index < -0.39 is 5.91 Å². The smallest absolute Gasteiger partial charge is 0.267 e. The first kappa shape index (κ1) is 12.1. The Hall–Kier alpha value is -2.40. The quantitative estimate of drug-likeness (QED) is 0.755. The number of carbonyl (C=O) groups excluding carboxylic acids is 1. The van der Waals surface area contributed by atoms with Crippen molar-refractivity contribution >= 4 is 17.3 Å². The number of hydrogen-bond acceptors (Lipinski definition) is 4. The molecule has 0 spiro atoms. The Morgan fingerprint density at radius 1 is 1.28 bits per heavy atom. The second-order valence-corrected chi connectivity index (χ2v) is 3.78. The van der Waals surface area contributed by atoms with Crippen molar-refractivity contribution < 1.29 is 4.79 Å². The van der Waals surface area contributed by atoms with E-state index >= 15 is 0 Å². The molecule has 0 atom stereocenters. The fourth-order valence-corrected chi connectivity index (χ4v) is 1.62. The van der Waals surface area contributed by atoms with Crippen LogP contribution in [0.3, 0.4) is 0 Å². The maximum Gasteiger partial charge on any atom is 0.267 e. The van der Waals surface area contributed by atoms with Gasteiger partial charge in [0.25, 0.3) is 5.91 Å². The van der Waals surface area contributed by atoms with Gasteiger partial charge in [0.1, 0.15) is 5.69 Å². The molecule has 1 amide bonds. The van der Waals surface area contributed by atoms with Gasteiger partial charge in [0.15, 0.2) is 0 Å². The molecule has 5 N–H and O–H groups in total. The molecule has 1 aromatic carbocycles. The van der Waals surface area contributed by atoms with E-state index in [9.17, 15) is 4.79 Å². The Balaban J connectivity index is 2.28. The maximum atomic E-state index is 11.0. The number of primary amides is 1. The van der Waals surface area contributed by atoms with Crippen LogP contribution in [-0.2, 0) is 6.54 Å². The summed E-state index contributed by atoms with van der Waals surface area (Å²) in [5.41, 5.74) is 13.7. The minimum absolute atomic E-state index is 0.227. The molecule has 0 unspecified atom stereocenters. The third kappa shape index (κ3) is 2.64.